The van der Waals surface area contributed by atoms with Gasteiger partial charge in [0, 0.05) is 4.47 Å². The van der Waals surface area contributed by atoms with Crippen LogP contribution in [0.4, 0.5) is 0 Å². The number of rotatable bonds is 4. The lowest BCUT2D eigenvalue weighted by Gasteiger charge is -2.24. The molecule has 2 aromatic carbocycles. The van der Waals surface area contributed by atoms with Crippen molar-refractivity contribution in [2.45, 2.75) is 33.7 Å². The molecular formula is C18H21BrClN. The Morgan fingerprint density at radius 3 is 2.24 bits per heavy atom. The Kier molecular flexibility index (Phi) is 5.48. The fraction of sp³-hybridized carbons (Fsp3) is 0.333. The molecule has 2 rings (SSSR count). The average molecular weight is 367 g/mol. The van der Waals surface area contributed by atoms with E-state index in [0.29, 0.717) is 0 Å². The van der Waals surface area contributed by atoms with Gasteiger partial charge in [0.25, 0.3) is 0 Å². The standard InChI is InChI=1S/C18H21BrClN/c1-5-21-18(14-6-7-16(20)15(19)10-14)17-12(3)8-11(2)9-13(17)4/h6-10,18,21H,5H2,1-4H3. The van der Waals surface area contributed by atoms with Crippen molar-refractivity contribution in [2.24, 2.45) is 0 Å². The van der Waals surface area contributed by atoms with Crippen molar-refractivity contribution in [1.29, 1.82) is 0 Å². The van der Waals surface area contributed by atoms with Crippen LogP contribution >= 0.6 is 27.5 Å². The van der Waals surface area contributed by atoms with Crippen LogP contribution in [-0.2, 0) is 0 Å². The number of hydrogen-bond donors (Lipinski definition) is 1. The highest BCUT2D eigenvalue weighted by atomic mass is 79.9. The van der Waals surface area contributed by atoms with Gasteiger partial charge in [-0.1, -0.05) is 42.3 Å². The van der Waals surface area contributed by atoms with Gasteiger partial charge < -0.3 is 5.32 Å². The molecule has 0 bridgehead atoms. The minimum absolute atomic E-state index is 0.184. The second-order valence-electron chi connectivity index (χ2n) is 5.48. The first-order valence-corrected chi connectivity index (χ1v) is 8.37. The lowest BCUT2D eigenvalue weighted by molar-refractivity contribution is 0.624. The minimum Gasteiger partial charge on any atom is -0.307 e. The molecule has 1 unspecified atom stereocenters. The summed E-state index contributed by atoms with van der Waals surface area (Å²) < 4.78 is 0.937. The second-order valence-corrected chi connectivity index (χ2v) is 6.74. The molecule has 0 spiro atoms. The fourth-order valence-corrected chi connectivity index (χ4v) is 3.44. The Morgan fingerprint density at radius 2 is 1.71 bits per heavy atom. The monoisotopic (exact) mass is 365 g/mol. The molecule has 0 saturated carbocycles. The maximum Gasteiger partial charge on any atom is 0.0582 e. The SMILES string of the molecule is CCNC(c1ccc(Cl)c(Br)c1)c1c(C)cc(C)cc1C. The summed E-state index contributed by atoms with van der Waals surface area (Å²) in [6, 6.07) is 10.8. The molecule has 0 heterocycles. The highest BCUT2D eigenvalue weighted by molar-refractivity contribution is 9.10. The molecule has 112 valence electrons. The predicted molar refractivity (Wildman–Crippen MR) is 95.3 cm³/mol. The van der Waals surface area contributed by atoms with E-state index in [0.717, 1.165) is 16.0 Å². The molecular weight excluding hydrogens is 346 g/mol. The quantitative estimate of drug-likeness (QED) is 0.729. The molecule has 2 aromatic rings. The predicted octanol–water partition coefficient (Wildman–Crippen LogP) is 5.73. The number of hydrogen-bond acceptors (Lipinski definition) is 1. The molecule has 0 aromatic heterocycles. The highest BCUT2D eigenvalue weighted by Crippen LogP contribution is 2.32. The third-order valence-electron chi connectivity index (χ3n) is 3.71. The molecule has 1 atom stereocenters. The van der Waals surface area contributed by atoms with Crippen molar-refractivity contribution < 1.29 is 0 Å². The van der Waals surface area contributed by atoms with E-state index in [2.05, 4.69) is 73.2 Å². The largest absolute Gasteiger partial charge is 0.307 e. The topological polar surface area (TPSA) is 12.0 Å². The molecule has 0 saturated heterocycles. The van der Waals surface area contributed by atoms with Crippen molar-refractivity contribution >= 4 is 27.5 Å². The molecule has 3 heteroatoms. The van der Waals surface area contributed by atoms with E-state index in [1.54, 1.807) is 0 Å². The van der Waals surface area contributed by atoms with E-state index in [9.17, 15) is 0 Å². The molecule has 0 fully saturated rings. The Hall–Kier alpha value is -0.830. The first kappa shape index (κ1) is 16.5. The van der Waals surface area contributed by atoms with Crippen LogP contribution < -0.4 is 5.32 Å². The number of halogens is 2. The van der Waals surface area contributed by atoms with Gasteiger partial charge in [-0.25, -0.2) is 0 Å². The van der Waals surface area contributed by atoms with Crippen molar-refractivity contribution in [3.63, 3.8) is 0 Å². The molecule has 0 aliphatic rings. The first-order valence-electron chi connectivity index (χ1n) is 7.20. The maximum absolute atomic E-state index is 6.12. The lowest BCUT2D eigenvalue weighted by Crippen LogP contribution is -2.23. The zero-order chi connectivity index (χ0) is 15.6. The number of aryl methyl sites for hydroxylation is 3. The van der Waals surface area contributed by atoms with E-state index in [-0.39, 0.29) is 6.04 Å². The van der Waals surface area contributed by atoms with Gasteiger partial charge in [-0.15, -0.1) is 0 Å². The highest BCUT2D eigenvalue weighted by Gasteiger charge is 2.18. The van der Waals surface area contributed by atoms with Crippen LogP contribution in [-0.4, -0.2) is 6.54 Å². The van der Waals surface area contributed by atoms with Gasteiger partial charge in [0.2, 0.25) is 0 Å². The summed E-state index contributed by atoms with van der Waals surface area (Å²) in [5.41, 5.74) is 6.54. The first-order chi connectivity index (χ1) is 9.93. The summed E-state index contributed by atoms with van der Waals surface area (Å²) in [5, 5.41) is 4.34. The second kappa shape index (κ2) is 6.95. The van der Waals surface area contributed by atoms with Crippen LogP contribution in [0.1, 0.15) is 40.8 Å². The van der Waals surface area contributed by atoms with Crippen LogP contribution in [0.5, 0.6) is 0 Å². The molecule has 0 aliphatic carbocycles. The molecule has 0 amide bonds. The van der Waals surface area contributed by atoms with E-state index in [4.69, 9.17) is 11.6 Å². The Bertz CT molecular complexity index is 629. The minimum atomic E-state index is 0.184. The summed E-state index contributed by atoms with van der Waals surface area (Å²) in [6.07, 6.45) is 0. The van der Waals surface area contributed by atoms with Gasteiger partial charge in [-0.2, -0.15) is 0 Å². The Labute approximate surface area is 140 Å². The number of nitrogens with one attached hydrogen (secondary N) is 1. The van der Waals surface area contributed by atoms with Gasteiger partial charge in [0.05, 0.1) is 11.1 Å². The normalized spacial score (nSPS) is 12.5. The maximum atomic E-state index is 6.12. The molecule has 0 radical (unpaired) electrons. The van der Waals surface area contributed by atoms with Crippen molar-refractivity contribution in [3.8, 4) is 0 Å². The summed E-state index contributed by atoms with van der Waals surface area (Å²) in [7, 11) is 0. The third kappa shape index (κ3) is 3.68. The van der Waals surface area contributed by atoms with E-state index >= 15 is 0 Å². The molecule has 1 nitrogen and oxygen atoms in total. The molecule has 1 N–H and O–H groups in total. The van der Waals surface area contributed by atoms with Crippen LogP contribution in [0.25, 0.3) is 0 Å². The van der Waals surface area contributed by atoms with Crippen LogP contribution in [0, 0.1) is 20.8 Å². The van der Waals surface area contributed by atoms with Crippen molar-refractivity contribution in [2.75, 3.05) is 6.54 Å². The summed E-state index contributed by atoms with van der Waals surface area (Å²) in [4.78, 5) is 0. The summed E-state index contributed by atoms with van der Waals surface area (Å²) in [5.74, 6) is 0. The summed E-state index contributed by atoms with van der Waals surface area (Å²) in [6.45, 7) is 9.56. The third-order valence-corrected chi connectivity index (χ3v) is 4.93. The van der Waals surface area contributed by atoms with Crippen molar-refractivity contribution in [1.82, 2.24) is 5.32 Å². The Balaban J connectivity index is 2.55. The van der Waals surface area contributed by atoms with E-state index in [1.807, 2.05) is 6.07 Å². The molecule has 0 aliphatic heterocycles. The van der Waals surface area contributed by atoms with Crippen molar-refractivity contribution in [3.05, 3.63) is 67.6 Å². The van der Waals surface area contributed by atoms with Crippen LogP contribution in [0.2, 0.25) is 5.02 Å². The smallest absolute Gasteiger partial charge is 0.0582 e. The van der Waals surface area contributed by atoms with E-state index < -0.39 is 0 Å². The average Bonchev–Trinajstić information content (AvgIpc) is 2.40. The van der Waals surface area contributed by atoms with Gasteiger partial charge in [-0.05, 0) is 77.6 Å². The lowest BCUT2D eigenvalue weighted by atomic mass is 9.90. The fourth-order valence-electron chi connectivity index (χ4n) is 2.93. The number of benzene rings is 2. The zero-order valence-electron chi connectivity index (χ0n) is 12.9. The van der Waals surface area contributed by atoms with Gasteiger partial charge in [0.1, 0.15) is 0 Å². The van der Waals surface area contributed by atoms with Crippen LogP contribution in [0.15, 0.2) is 34.8 Å². The van der Waals surface area contributed by atoms with Crippen LogP contribution in [0.3, 0.4) is 0 Å². The molecule has 21 heavy (non-hydrogen) atoms. The van der Waals surface area contributed by atoms with Gasteiger partial charge in [0.15, 0.2) is 0 Å². The van der Waals surface area contributed by atoms with Gasteiger partial charge >= 0.3 is 0 Å². The Morgan fingerprint density at radius 1 is 1.10 bits per heavy atom. The summed E-state index contributed by atoms with van der Waals surface area (Å²) >= 11 is 9.65. The van der Waals surface area contributed by atoms with Gasteiger partial charge in [-0.3, -0.25) is 0 Å². The van der Waals surface area contributed by atoms with E-state index in [1.165, 1.54) is 27.8 Å². The zero-order valence-corrected chi connectivity index (χ0v) is 15.3.